The van der Waals surface area contributed by atoms with Crippen LogP contribution in [0.2, 0.25) is 0 Å². The second-order valence-electron chi connectivity index (χ2n) is 5.54. The maximum absolute atomic E-state index is 12.5. The molecule has 2 aromatic carbocycles. The molecule has 0 atom stereocenters. The van der Waals surface area contributed by atoms with Crippen LogP contribution in [0.15, 0.2) is 46.3 Å². The highest BCUT2D eigenvalue weighted by Crippen LogP contribution is 2.22. The molecule has 5 heteroatoms. The molecule has 1 heterocycles. The molecule has 1 N–H and O–H groups in total. The maximum atomic E-state index is 12.5. The van der Waals surface area contributed by atoms with Gasteiger partial charge in [0.25, 0.3) is 5.56 Å². The van der Waals surface area contributed by atoms with Crippen LogP contribution in [0.1, 0.15) is 22.5 Å². The van der Waals surface area contributed by atoms with Crippen molar-refractivity contribution in [2.24, 2.45) is 5.10 Å². The fourth-order valence-electron chi connectivity index (χ4n) is 2.56. The van der Waals surface area contributed by atoms with Crippen LogP contribution in [0.5, 0.6) is 5.75 Å². The monoisotopic (exact) mass is 307 g/mol. The van der Waals surface area contributed by atoms with E-state index in [1.807, 2.05) is 44.2 Å². The molecule has 0 aliphatic carbocycles. The number of hydrogen-bond acceptors (Lipinski definition) is 4. The third-order valence-electron chi connectivity index (χ3n) is 3.75. The number of fused-ring (bicyclic) bond motifs is 1. The van der Waals surface area contributed by atoms with Crippen molar-refractivity contribution in [3.63, 3.8) is 0 Å². The maximum Gasteiger partial charge on any atom is 0.282 e. The number of para-hydroxylation sites is 1. The Bertz CT molecular complexity index is 964. The summed E-state index contributed by atoms with van der Waals surface area (Å²) < 4.78 is 1.29. The molecule has 23 heavy (non-hydrogen) atoms. The minimum Gasteiger partial charge on any atom is -0.507 e. The summed E-state index contributed by atoms with van der Waals surface area (Å²) in [5.41, 5.74) is 2.82. The first kappa shape index (κ1) is 15.0. The molecule has 0 aliphatic heterocycles. The number of nitrogens with zero attached hydrogens (tertiary/aromatic N) is 3. The Balaban J connectivity index is 2.10. The van der Waals surface area contributed by atoms with Crippen LogP contribution in [0, 0.1) is 20.8 Å². The Labute approximate surface area is 133 Å². The van der Waals surface area contributed by atoms with Gasteiger partial charge in [0.1, 0.15) is 11.6 Å². The summed E-state index contributed by atoms with van der Waals surface area (Å²) in [5, 5.41) is 14.6. The van der Waals surface area contributed by atoms with E-state index in [9.17, 15) is 9.90 Å². The first-order valence-electron chi connectivity index (χ1n) is 7.30. The van der Waals surface area contributed by atoms with E-state index in [1.54, 1.807) is 19.2 Å². The quantitative estimate of drug-likeness (QED) is 0.740. The number of hydrogen-bond donors (Lipinski definition) is 1. The van der Waals surface area contributed by atoms with Crippen molar-refractivity contribution < 1.29 is 5.11 Å². The predicted octanol–water partition coefficient (Wildman–Crippen LogP) is 2.91. The standard InChI is InChI=1S/C18H17N3O2/c1-11-8-14(9-12(2)17(11)22)10-19-21-13(3)20-16-7-5-4-6-15(16)18(21)23/h4-10,22H,1-3H3/b19-10+. The molecule has 5 nitrogen and oxygen atoms in total. The van der Waals surface area contributed by atoms with Crippen LogP contribution >= 0.6 is 0 Å². The highest BCUT2D eigenvalue weighted by Gasteiger charge is 2.07. The van der Waals surface area contributed by atoms with E-state index in [0.29, 0.717) is 16.7 Å². The van der Waals surface area contributed by atoms with E-state index in [2.05, 4.69) is 10.1 Å². The first-order chi connectivity index (χ1) is 11.0. The molecule has 0 radical (unpaired) electrons. The lowest BCUT2D eigenvalue weighted by Crippen LogP contribution is -2.20. The molecular weight excluding hydrogens is 290 g/mol. The molecule has 0 amide bonds. The van der Waals surface area contributed by atoms with Crippen LogP contribution in [0.3, 0.4) is 0 Å². The molecule has 0 bridgehead atoms. The van der Waals surface area contributed by atoms with Crippen molar-refractivity contribution in [2.45, 2.75) is 20.8 Å². The van der Waals surface area contributed by atoms with Crippen molar-refractivity contribution >= 4 is 17.1 Å². The fourth-order valence-corrected chi connectivity index (χ4v) is 2.56. The predicted molar refractivity (Wildman–Crippen MR) is 91.3 cm³/mol. The largest absolute Gasteiger partial charge is 0.507 e. The normalized spacial score (nSPS) is 11.4. The van der Waals surface area contributed by atoms with Crippen molar-refractivity contribution in [3.8, 4) is 5.75 Å². The van der Waals surface area contributed by atoms with Gasteiger partial charge < -0.3 is 5.11 Å². The second kappa shape index (κ2) is 5.68. The smallest absolute Gasteiger partial charge is 0.282 e. The molecule has 0 aliphatic rings. The molecule has 0 saturated carbocycles. The van der Waals surface area contributed by atoms with Gasteiger partial charge >= 0.3 is 0 Å². The van der Waals surface area contributed by atoms with E-state index in [-0.39, 0.29) is 11.3 Å². The summed E-state index contributed by atoms with van der Waals surface area (Å²) in [4.78, 5) is 16.9. The number of aromatic hydroxyl groups is 1. The Kier molecular flexibility index (Phi) is 3.70. The van der Waals surface area contributed by atoms with Crippen molar-refractivity contribution in [2.75, 3.05) is 0 Å². The number of aromatic nitrogens is 2. The summed E-state index contributed by atoms with van der Waals surface area (Å²) in [6.45, 7) is 5.40. The highest BCUT2D eigenvalue weighted by molar-refractivity contribution is 5.81. The van der Waals surface area contributed by atoms with E-state index in [0.717, 1.165) is 16.7 Å². The number of rotatable bonds is 2. The van der Waals surface area contributed by atoms with Crippen LogP contribution < -0.4 is 5.56 Å². The van der Waals surface area contributed by atoms with E-state index in [4.69, 9.17) is 0 Å². The molecule has 0 spiro atoms. The van der Waals surface area contributed by atoms with Gasteiger partial charge in [-0.05, 0) is 61.7 Å². The van der Waals surface area contributed by atoms with Gasteiger partial charge in [0.15, 0.2) is 0 Å². The zero-order chi connectivity index (χ0) is 16.6. The van der Waals surface area contributed by atoms with Gasteiger partial charge in [-0.15, -0.1) is 0 Å². The Morgan fingerprint density at radius 1 is 1.13 bits per heavy atom. The van der Waals surface area contributed by atoms with Crippen molar-refractivity contribution in [3.05, 3.63) is 69.3 Å². The van der Waals surface area contributed by atoms with E-state index < -0.39 is 0 Å². The Morgan fingerprint density at radius 3 is 2.48 bits per heavy atom. The van der Waals surface area contributed by atoms with E-state index >= 15 is 0 Å². The molecule has 0 fully saturated rings. The lowest BCUT2D eigenvalue weighted by Gasteiger charge is -2.06. The highest BCUT2D eigenvalue weighted by atomic mass is 16.3. The third kappa shape index (κ3) is 2.73. The number of aryl methyl sites for hydroxylation is 3. The minimum absolute atomic E-state index is 0.198. The molecule has 0 unspecified atom stereocenters. The van der Waals surface area contributed by atoms with Gasteiger partial charge in [-0.25, -0.2) is 4.98 Å². The van der Waals surface area contributed by atoms with Gasteiger partial charge in [0, 0.05) is 0 Å². The van der Waals surface area contributed by atoms with Crippen LogP contribution in [-0.2, 0) is 0 Å². The zero-order valence-electron chi connectivity index (χ0n) is 13.2. The van der Waals surface area contributed by atoms with Crippen LogP contribution in [0.25, 0.3) is 10.9 Å². The molecular formula is C18H17N3O2. The lowest BCUT2D eigenvalue weighted by atomic mass is 10.1. The van der Waals surface area contributed by atoms with Gasteiger partial charge in [-0.2, -0.15) is 9.78 Å². The topological polar surface area (TPSA) is 67.5 Å². The van der Waals surface area contributed by atoms with Gasteiger partial charge in [-0.1, -0.05) is 12.1 Å². The lowest BCUT2D eigenvalue weighted by molar-refractivity contribution is 0.467. The summed E-state index contributed by atoms with van der Waals surface area (Å²) in [6.07, 6.45) is 1.60. The zero-order valence-corrected chi connectivity index (χ0v) is 13.2. The van der Waals surface area contributed by atoms with Crippen LogP contribution in [0.4, 0.5) is 0 Å². The molecule has 3 rings (SSSR count). The van der Waals surface area contributed by atoms with Crippen molar-refractivity contribution in [1.82, 2.24) is 9.66 Å². The van der Waals surface area contributed by atoms with Gasteiger partial charge in [-0.3, -0.25) is 4.79 Å². The average molecular weight is 307 g/mol. The SMILES string of the molecule is Cc1cc(/C=N/n2c(C)nc3ccccc3c2=O)cc(C)c1O. The first-order valence-corrected chi connectivity index (χ1v) is 7.30. The minimum atomic E-state index is -0.198. The molecule has 1 aromatic heterocycles. The second-order valence-corrected chi connectivity index (χ2v) is 5.54. The number of phenols is 1. The summed E-state index contributed by atoms with van der Waals surface area (Å²) in [5.74, 6) is 0.806. The van der Waals surface area contributed by atoms with Gasteiger partial charge in [0.05, 0.1) is 17.1 Å². The van der Waals surface area contributed by atoms with Crippen LogP contribution in [-0.4, -0.2) is 21.0 Å². The summed E-state index contributed by atoms with van der Waals surface area (Å²) >= 11 is 0. The van der Waals surface area contributed by atoms with Crippen molar-refractivity contribution in [1.29, 1.82) is 0 Å². The summed E-state index contributed by atoms with van der Waals surface area (Å²) in [7, 11) is 0. The van der Waals surface area contributed by atoms with E-state index in [1.165, 1.54) is 4.68 Å². The Morgan fingerprint density at radius 2 is 1.78 bits per heavy atom. The number of phenolic OH excluding ortho intramolecular Hbond substituents is 1. The molecule has 0 saturated heterocycles. The summed E-state index contributed by atoms with van der Waals surface area (Å²) in [6, 6.07) is 10.8. The third-order valence-corrected chi connectivity index (χ3v) is 3.75. The molecule has 116 valence electrons. The number of benzene rings is 2. The average Bonchev–Trinajstić information content (AvgIpc) is 2.52. The van der Waals surface area contributed by atoms with Gasteiger partial charge in [0.2, 0.25) is 0 Å². The molecule has 3 aromatic rings. The fraction of sp³-hybridized carbons (Fsp3) is 0.167. The Hall–Kier alpha value is -2.95.